The van der Waals surface area contributed by atoms with Crippen LogP contribution in [0.2, 0.25) is 6.82 Å². The summed E-state index contributed by atoms with van der Waals surface area (Å²) in [4.78, 5) is 6.29. The minimum absolute atomic E-state index is 0.234. The SMILES string of the molecule is CB(O)N1CC[C@@H](CNc2cc(-c3c(C)cccc3F)cc3cnc(N)cc23)C1. The van der Waals surface area contributed by atoms with Gasteiger partial charge in [0.15, 0.2) is 0 Å². The van der Waals surface area contributed by atoms with Gasteiger partial charge in [0.2, 0.25) is 0 Å². The molecule has 1 fully saturated rings. The van der Waals surface area contributed by atoms with E-state index in [4.69, 9.17) is 5.73 Å². The van der Waals surface area contributed by atoms with Crippen molar-refractivity contribution in [3.8, 4) is 11.1 Å². The molecule has 0 spiro atoms. The fourth-order valence-corrected chi connectivity index (χ4v) is 4.18. The molecule has 1 aromatic heterocycles. The second-order valence-electron chi connectivity index (χ2n) is 7.95. The second-order valence-corrected chi connectivity index (χ2v) is 7.95. The van der Waals surface area contributed by atoms with E-state index in [0.29, 0.717) is 17.3 Å². The van der Waals surface area contributed by atoms with Crippen molar-refractivity contribution in [3.05, 3.63) is 54.0 Å². The standard InChI is InChI=1S/C22H26BFN4O/c1-14-4-3-5-19(24)22(14)16-8-17-12-27-21(25)10-18(17)20(9-16)26-11-15-6-7-28(13-15)23(2)29/h3-5,8-10,12,15,26,29H,6-7,11,13H2,1-2H3,(H2,25,27)/t15-/m0/s1. The highest BCUT2D eigenvalue weighted by Gasteiger charge is 2.27. The van der Waals surface area contributed by atoms with Gasteiger partial charge in [-0.15, -0.1) is 0 Å². The van der Waals surface area contributed by atoms with Gasteiger partial charge in [-0.2, -0.15) is 0 Å². The highest BCUT2D eigenvalue weighted by Crippen LogP contribution is 2.34. The molecule has 29 heavy (non-hydrogen) atoms. The number of benzene rings is 2. The molecule has 150 valence electrons. The van der Waals surface area contributed by atoms with Gasteiger partial charge in [0.1, 0.15) is 11.6 Å². The fraction of sp³-hybridized carbons (Fsp3) is 0.318. The number of aryl methyl sites for hydroxylation is 1. The summed E-state index contributed by atoms with van der Waals surface area (Å²) in [5.74, 6) is 0.663. The van der Waals surface area contributed by atoms with E-state index < -0.39 is 7.05 Å². The number of anilines is 2. The molecular formula is C22H26BFN4O. The number of pyridine rings is 1. The van der Waals surface area contributed by atoms with Crippen molar-refractivity contribution < 1.29 is 9.41 Å². The van der Waals surface area contributed by atoms with Gasteiger partial charge in [0.05, 0.1) is 0 Å². The van der Waals surface area contributed by atoms with Crippen LogP contribution in [0.5, 0.6) is 0 Å². The molecular weight excluding hydrogens is 366 g/mol. The number of aromatic nitrogens is 1. The van der Waals surface area contributed by atoms with E-state index in [9.17, 15) is 9.41 Å². The van der Waals surface area contributed by atoms with Crippen LogP contribution in [0, 0.1) is 18.7 Å². The molecule has 0 bridgehead atoms. The first-order valence-electron chi connectivity index (χ1n) is 10.0. The number of nitrogen functional groups attached to an aromatic ring is 1. The van der Waals surface area contributed by atoms with E-state index in [2.05, 4.69) is 15.1 Å². The Morgan fingerprint density at radius 2 is 2.17 bits per heavy atom. The van der Waals surface area contributed by atoms with Crippen molar-refractivity contribution in [1.82, 2.24) is 9.79 Å². The molecule has 2 aromatic carbocycles. The van der Waals surface area contributed by atoms with Gasteiger partial charge < -0.3 is 20.9 Å². The number of halogens is 1. The lowest BCUT2D eigenvalue weighted by Gasteiger charge is -2.18. The molecule has 1 saturated heterocycles. The summed E-state index contributed by atoms with van der Waals surface area (Å²) in [6.45, 7) is 6.26. The van der Waals surface area contributed by atoms with Gasteiger partial charge in [-0.1, -0.05) is 12.1 Å². The van der Waals surface area contributed by atoms with Crippen LogP contribution in [-0.2, 0) is 0 Å². The largest absolute Gasteiger partial charge is 0.437 e. The molecule has 2 heterocycles. The molecule has 0 amide bonds. The molecule has 0 aliphatic carbocycles. The van der Waals surface area contributed by atoms with Crippen molar-refractivity contribution in [3.63, 3.8) is 0 Å². The second kappa shape index (κ2) is 8.01. The van der Waals surface area contributed by atoms with E-state index in [1.54, 1.807) is 19.1 Å². The lowest BCUT2D eigenvalue weighted by Crippen LogP contribution is -2.35. The predicted molar refractivity (Wildman–Crippen MR) is 118 cm³/mol. The first kappa shape index (κ1) is 19.7. The Kier molecular flexibility index (Phi) is 5.43. The maximum atomic E-state index is 14.6. The van der Waals surface area contributed by atoms with Crippen LogP contribution in [-0.4, -0.2) is 41.5 Å². The summed E-state index contributed by atoms with van der Waals surface area (Å²) in [7, 11) is -0.418. The summed E-state index contributed by atoms with van der Waals surface area (Å²) >= 11 is 0. The van der Waals surface area contributed by atoms with Crippen LogP contribution >= 0.6 is 0 Å². The number of rotatable bonds is 5. The summed E-state index contributed by atoms with van der Waals surface area (Å²) in [5.41, 5.74) is 9.16. The Labute approximate surface area is 170 Å². The average Bonchev–Trinajstić information content (AvgIpc) is 3.16. The lowest BCUT2D eigenvalue weighted by atomic mass is 9.86. The Bertz CT molecular complexity index is 1020. The number of hydrogen-bond donors (Lipinski definition) is 3. The fourth-order valence-electron chi connectivity index (χ4n) is 4.18. The summed E-state index contributed by atoms with van der Waals surface area (Å²) in [6, 6.07) is 10.9. The van der Waals surface area contributed by atoms with Crippen LogP contribution in [0.1, 0.15) is 12.0 Å². The predicted octanol–water partition coefficient (Wildman–Crippen LogP) is 3.78. The lowest BCUT2D eigenvalue weighted by molar-refractivity contribution is 0.412. The normalized spacial score (nSPS) is 17.0. The van der Waals surface area contributed by atoms with E-state index in [0.717, 1.165) is 53.6 Å². The van der Waals surface area contributed by atoms with Crippen LogP contribution in [0.4, 0.5) is 15.9 Å². The van der Waals surface area contributed by atoms with Crippen LogP contribution in [0.3, 0.4) is 0 Å². The summed E-state index contributed by atoms with van der Waals surface area (Å²) < 4.78 is 14.6. The van der Waals surface area contributed by atoms with Gasteiger partial charge in [-0.25, -0.2) is 9.37 Å². The van der Waals surface area contributed by atoms with Gasteiger partial charge in [-0.3, -0.25) is 0 Å². The molecule has 1 aliphatic rings. The molecule has 0 unspecified atom stereocenters. The topological polar surface area (TPSA) is 74.4 Å². The molecule has 7 heteroatoms. The highest BCUT2D eigenvalue weighted by atomic mass is 19.1. The quantitative estimate of drug-likeness (QED) is 0.577. The van der Waals surface area contributed by atoms with Crippen molar-refractivity contribution >= 4 is 29.3 Å². The zero-order valence-corrected chi connectivity index (χ0v) is 16.8. The van der Waals surface area contributed by atoms with E-state index in [1.165, 1.54) is 6.07 Å². The Morgan fingerprint density at radius 3 is 2.90 bits per heavy atom. The Balaban J connectivity index is 1.69. The third kappa shape index (κ3) is 4.06. The molecule has 0 radical (unpaired) electrons. The molecule has 4 N–H and O–H groups in total. The van der Waals surface area contributed by atoms with Gasteiger partial charge >= 0.3 is 7.05 Å². The number of fused-ring (bicyclic) bond motifs is 1. The summed E-state index contributed by atoms with van der Waals surface area (Å²) in [6.07, 6.45) is 2.77. The molecule has 1 atom stereocenters. The van der Waals surface area contributed by atoms with E-state index >= 15 is 0 Å². The third-order valence-corrected chi connectivity index (χ3v) is 5.79. The van der Waals surface area contributed by atoms with Gasteiger partial charge in [0, 0.05) is 34.8 Å². The maximum absolute atomic E-state index is 14.6. The van der Waals surface area contributed by atoms with Crippen molar-refractivity contribution in [2.24, 2.45) is 5.92 Å². The van der Waals surface area contributed by atoms with Crippen molar-refractivity contribution in [1.29, 1.82) is 0 Å². The average molecular weight is 392 g/mol. The Hall–Kier alpha value is -2.64. The zero-order chi connectivity index (χ0) is 20.5. The van der Waals surface area contributed by atoms with E-state index in [1.807, 2.05) is 31.2 Å². The monoisotopic (exact) mass is 392 g/mol. The molecule has 5 nitrogen and oxygen atoms in total. The molecule has 0 saturated carbocycles. The number of hydrogen-bond acceptors (Lipinski definition) is 5. The van der Waals surface area contributed by atoms with E-state index in [-0.39, 0.29) is 5.82 Å². The highest BCUT2D eigenvalue weighted by molar-refractivity contribution is 6.45. The number of nitrogens with one attached hydrogen (secondary N) is 1. The van der Waals surface area contributed by atoms with Crippen LogP contribution in [0.25, 0.3) is 21.9 Å². The smallest absolute Gasteiger partial charge is 0.376 e. The maximum Gasteiger partial charge on any atom is 0.376 e. The van der Waals surface area contributed by atoms with Crippen molar-refractivity contribution in [2.45, 2.75) is 20.2 Å². The molecule has 3 aromatic rings. The third-order valence-electron chi connectivity index (χ3n) is 5.79. The molecule has 4 rings (SSSR count). The Morgan fingerprint density at radius 1 is 1.34 bits per heavy atom. The van der Waals surface area contributed by atoms with Crippen molar-refractivity contribution in [2.75, 3.05) is 30.7 Å². The number of nitrogens with zero attached hydrogens (tertiary/aromatic N) is 2. The molecule has 1 aliphatic heterocycles. The minimum atomic E-state index is -0.418. The van der Waals surface area contributed by atoms with Gasteiger partial charge in [-0.05, 0) is 74.6 Å². The first-order chi connectivity index (χ1) is 13.9. The minimum Gasteiger partial charge on any atom is -0.437 e. The first-order valence-corrected chi connectivity index (χ1v) is 10.0. The number of nitrogens with two attached hydrogens (primary N) is 1. The summed E-state index contributed by atoms with van der Waals surface area (Å²) in [5, 5.41) is 15.2. The van der Waals surface area contributed by atoms with Gasteiger partial charge in [0.25, 0.3) is 0 Å². The van der Waals surface area contributed by atoms with Crippen LogP contribution in [0.15, 0.2) is 42.6 Å². The zero-order valence-electron chi connectivity index (χ0n) is 16.8. The van der Waals surface area contributed by atoms with Crippen LogP contribution < -0.4 is 11.1 Å².